The Labute approximate surface area is 178 Å². The number of hydrogen-bond acceptors (Lipinski definition) is 8. The van der Waals surface area contributed by atoms with Gasteiger partial charge in [-0.15, -0.1) is 0 Å². The number of aromatic nitrogens is 2. The quantitative estimate of drug-likeness (QED) is 0.302. The summed E-state index contributed by atoms with van der Waals surface area (Å²) in [7, 11) is 0. The van der Waals surface area contributed by atoms with Crippen molar-refractivity contribution in [3.8, 4) is 5.75 Å². The van der Waals surface area contributed by atoms with Gasteiger partial charge in [0, 0.05) is 34.6 Å². The molecule has 162 valence electrons. The molecule has 0 spiro atoms. The third-order valence-corrected chi connectivity index (χ3v) is 5.34. The molecular formula is C22H24FN5O3. The van der Waals surface area contributed by atoms with Crippen LogP contribution in [-0.4, -0.2) is 44.7 Å². The molecule has 1 aliphatic rings. The first-order chi connectivity index (χ1) is 14.9. The third kappa shape index (κ3) is 4.73. The lowest BCUT2D eigenvalue weighted by Crippen LogP contribution is -2.26. The number of anilines is 3. The van der Waals surface area contributed by atoms with Crippen molar-refractivity contribution < 1.29 is 19.3 Å². The summed E-state index contributed by atoms with van der Waals surface area (Å²) in [5.41, 5.74) is 7.91. The minimum Gasteiger partial charge on any atom is -0.488 e. The van der Waals surface area contributed by atoms with Crippen LogP contribution in [0.25, 0.3) is 10.9 Å². The molecule has 1 aliphatic carbocycles. The van der Waals surface area contributed by atoms with Crippen LogP contribution in [0.2, 0.25) is 0 Å². The van der Waals surface area contributed by atoms with E-state index in [1.807, 2.05) is 0 Å². The number of nitrogens with two attached hydrogens (primary N) is 1. The van der Waals surface area contributed by atoms with E-state index in [2.05, 4.69) is 15.3 Å². The fraction of sp³-hybridized carbons (Fsp3) is 0.318. The van der Waals surface area contributed by atoms with Gasteiger partial charge in [0.15, 0.2) is 0 Å². The van der Waals surface area contributed by atoms with Crippen LogP contribution in [0.4, 0.5) is 21.7 Å². The summed E-state index contributed by atoms with van der Waals surface area (Å²) in [6.07, 6.45) is 3.82. The zero-order valence-electron chi connectivity index (χ0n) is 16.8. The monoisotopic (exact) mass is 425 g/mol. The van der Waals surface area contributed by atoms with E-state index in [0.29, 0.717) is 59.3 Å². The Hall–Kier alpha value is -3.30. The number of hydrogen-bond donors (Lipinski definition) is 5. The van der Waals surface area contributed by atoms with Crippen LogP contribution in [0.1, 0.15) is 31.2 Å². The molecule has 1 aromatic heterocycles. The maximum Gasteiger partial charge on any atom is 0.227 e. The van der Waals surface area contributed by atoms with Crippen LogP contribution in [-0.2, 0) is 0 Å². The van der Waals surface area contributed by atoms with Crippen molar-refractivity contribution in [2.75, 3.05) is 17.7 Å². The van der Waals surface area contributed by atoms with Crippen molar-refractivity contribution >= 4 is 33.9 Å². The lowest BCUT2D eigenvalue weighted by Gasteiger charge is -2.26. The van der Waals surface area contributed by atoms with Gasteiger partial charge in [-0.2, -0.15) is 0 Å². The molecule has 0 saturated heterocycles. The van der Waals surface area contributed by atoms with Gasteiger partial charge in [-0.25, -0.2) is 14.4 Å². The number of nitrogen functional groups attached to an aromatic ring is 1. The Morgan fingerprint density at radius 2 is 2.00 bits per heavy atom. The van der Waals surface area contributed by atoms with Gasteiger partial charge in [-0.1, -0.05) is 0 Å². The second-order valence-electron chi connectivity index (χ2n) is 7.65. The Morgan fingerprint density at radius 1 is 1.23 bits per heavy atom. The van der Waals surface area contributed by atoms with E-state index in [1.54, 1.807) is 18.2 Å². The second kappa shape index (κ2) is 8.83. The van der Waals surface area contributed by atoms with Crippen LogP contribution in [0.15, 0.2) is 36.5 Å². The molecule has 0 bridgehead atoms. The SMILES string of the molecule is N=C(CO)c1ccc(Nc2ncc3cc(F)cc(OC4CCC(O)CC4)c3n2)cc1N. The summed E-state index contributed by atoms with van der Waals surface area (Å²) in [5, 5.41) is 30.1. The molecule has 0 radical (unpaired) electrons. The average Bonchev–Trinajstić information content (AvgIpc) is 2.75. The van der Waals surface area contributed by atoms with Crippen LogP contribution in [0.3, 0.4) is 0 Å². The Bertz CT molecular complexity index is 1120. The fourth-order valence-electron chi connectivity index (χ4n) is 3.70. The minimum atomic E-state index is -0.433. The van der Waals surface area contributed by atoms with Gasteiger partial charge in [0.25, 0.3) is 0 Å². The Balaban J connectivity index is 1.60. The van der Waals surface area contributed by atoms with Gasteiger partial charge in [0.2, 0.25) is 5.95 Å². The highest BCUT2D eigenvalue weighted by Crippen LogP contribution is 2.31. The normalized spacial score (nSPS) is 18.7. The first-order valence-electron chi connectivity index (χ1n) is 10.1. The summed E-state index contributed by atoms with van der Waals surface area (Å²) in [4.78, 5) is 8.75. The molecule has 1 heterocycles. The zero-order chi connectivity index (χ0) is 22.0. The van der Waals surface area contributed by atoms with Crippen molar-refractivity contribution in [1.82, 2.24) is 9.97 Å². The fourth-order valence-corrected chi connectivity index (χ4v) is 3.70. The highest BCUT2D eigenvalue weighted by molar-refractivity contribution is 6.03. The standard InChI is InChI=1S/C22H24FN5O3/c23-13-7-12-10-26-22(27-14-1-6-17(18(24)9-14)19(25)11-29)28-21(12)20(8-13)31-16-4-2-15(30)3-5-16/h1,6-10,15-16,25,29-30H,2-5,11,24H2,(H,26,27,28). The second-order valence-corrected chi connectivity index (χ2v) is 7.65. The Kier molecular flexibility index (Phi) is 5.97. The molecule has 1 saturated carbocycles. The highest BCUT2D eigenvalue weighted by atomic mass is 19.1. The molecule has 9 heteroatoms. The van der Waals surface area contributed by atoms with Crippen LogP contribution in [0, 0.1) is 11.2 Å². The van der Waals surface area contributed by atoms with Gasteiger partial charge in [-0.3, -0.25) is 0 Å². The number of fused-ring (bicyclic) bond motifs is 1. The molecule has 0 atom stereocenters. The number of benzene rings is 2. The molecule has 2 aromatic carbocycles. The molecule has 0 amide bonds. The molecule has 0 unspecified atom stereocenters. The first kappa shape index (κ1) is 21.0. The summed E-state index contributed by atoms with van der Waals surface area (Å²) >= 11 is 0. The van der Waals surface area contributed by atoms with E-state index in [9.17, 15) is 9.50 Å². The molecular weight excluding hydrogens is 401 g/mol. The van der Waals surface area contributed by atoms with Gasteiger partial charge < -0.3 is 31.4 Å². The number of ether oxygens (including phenoxy) is 1. The number of aliphatic hydroxyl groups excluding tert-OH is 2. The summed E-state index contributed by atoms with van der Waals surface area (Å²) < 4.78 is 20.1. The average molecular weight is 425 g/mol. The smallest absolute Gasteiger partial charge is 0.227 e. The van der Waals surface area contributed by atoms with E-state index in [4.69, 9.17) is 21.0 Å². The third-order valence-electron chi connectivity index (χ3n) is 5.34. The first-order valence-corrected chi connectivity index (χ1v) is 10.1. The molecule has 4 rings (SSSR count). The van der Waals surface area contributed by atoms with E-state index >= 15 is 0 Å². The van der Waals surface area contributed by atoms with E-state index in [-0.39, 0.29) is 23.9 Å². The minimum absolute atomic E-state index is 0.0325. The lowest BCUT2D eigenvalue weighted by atomic mass is 9.95. The topological polar surface area (TPSA) is 137 Å². The maximum atomic E-state index is 14.1. The van der Waals surface area contributed by atoms with Crippen molar-refractivity contribution in [1.29, 1.82) is 5.41 Å². The number of nitrogens with zero attached hydrogens (tertiary/aromatic N) is 2. The van der Waals surface area contributed by atoms with Crippen LogP contribution < -0.4 is 15.8 Å². The van der Waals surface area contributed by atoms with Gasteiger partial charge in [0.1, 0.15) is 17.1 Å². The molecule has 8 nitrogen and oxygen atoms in total. The highest BCUT2D eigenvalue weighted by Gasteiger charge is 2.22. The number of nitrogens with one attached hydrogen (secondary N) is 2. The molecule has 0 aliphatic heterocycles. The van der Waals surface area contributed by atoms with Crippen molar-refractivity contribution in [3.63, 3.8) is 0 Å². The lowest BCUT2D eigenvalue weighted by molar-refractivity contribution is 0.0671. The van der Waals surface area contributed by atoms with Crippen molar-refractivity contribution in [3.05, 3.63) is 47.9 Å². The van der Waals surface area contributed by atoms with Gasteiger partial charge in [0.05, 0.1) is 24.5 Å². The molecule has 6 N–H and O–H groups in total. The predicted octanol–water partition coefficient (Wildman–Crippen LogP) is 3.14. The Morgan fingerprint density at radius 3 is 2.71 bits per heavy atom. The maximum absolute atomic E-state index is 14.1. The van der Waals surface area contributed by atoms with Gasteiger partial charge in [-0.05, 0) is 49.9 Å². The molecule has 1 fully saturated rings. The number of halogens is 1. The van der Waals surface area contributed by atoms with Crippen LogP contribution >= 0.6 is 0 Å². The largest absolute Gasteiger partial charge is 0.488 e. The zero-order valence-corrected chi connectivity index (χ0v) is 16.8. The number of aliphatic hydroxyl groups is 2. The van der Waals surface area contributed by atoms with E-state index in [1.165, 1.54) is 18.3 Å². The molecule has 31 heavy (non-hydrogen) atoms. The van der Waals surface area contributed by atoms with E-state index in [0.717, 1.165) is 0 Å². The van der Waals surface area contributed by atoms with Crippen molar-refractivity contribution in [2.24, 2.45) is 0 Å². The summed E-state index contributed by atoms with van der Waals surface area (Å²) in [6, 6.07) is 7.64. The number of rotatable bonds is 6. The summed E-state index contributed by atoms with van der Waals surface area (Å²) in [5.74, 6) is 0.192. The van der Waals surface area contributed by atoms with Crippen LogP contribution in [0.5, 0.6) is 5.75 Å². The van der Waals surface area contributed by atoms with E-state index < -0.39 is 12.4 Å². The van der Waals surface area contributed by atoms with Crippen molar-refractivity contribution in [2.45, 2.75) is 37.9 Å². The molecule has 3 aromatic rings. The van der Waals surface area contributed by atoms with Gasteiger partial charge >= 0.3 is 0 Å². The summed E-state index contributed by atoms with van der Waals surface area (Å²) in [6.45, 7) is -0.399. The predicted molar refractivity (Wildman–Crippen MR) is 116 cm³/mol.